The van der Waals surface area contributed by atoms with Gasteiger partial charge in [-0.1, -0.05) is 6.92 Å². The summed E-state index contributed by atoms with van der Waals surface area (Å²) in [6.45, 7) is 5.94. The molecule has 3 fully saturated rings. The van der Waals surface area contributed by atoms with Crippen molar-refractivity contribution in [2.45, 2.75) is 51.0 Å². The van der Waals surface area contributed by atoms with Gasteiger partial charge in [-0.05, 0) is 44.4 Å². The van der Waals surface area contributed by atoms with Crippen LogP contribution in [-0.2, 0) is 6.18 Å². The molecule has 0 amide bonds. The maximum Gasteiger partial charge on any atom is 0.418 e. The van der Waals surface area contributed by atoms with Crippen LogP contribution >= 0.6 is 0 Å². The van der Waals surface area contributed by atoms with Gasteiger partial charge in [0.1, 0.15) is 35.1 Å². The number of fused-ring (bicyclic) bond motifs is 3. The number of halogens is 4. The number of likely N-dealkylation sites (N-methyl/N-ethyl adjacent to an activating group) is 1. The molecule has 3 aliphatic rings. The lowest BCUT2D eigenvalue weighted by Crippen LogP contribution is -2.55. The van der Waals surface area contributed by atoms with Crippen molar-refractivity contribution in [1.82, 2.24) is 30.2 Å². The predicted molar refractivity (Wildman–Crippen MR) is 138 cm³/mol. The Hall–Kier alpha value is -3.32. The molecule has 3 N–H and O–H groups in total. The standard InChI is InChI=1S/C26H30F4N8O/c1-12-6-18(31)34-22(19(12)26(28,29)30)23-20(27)21-16(7-32-23)24(38-9-14-4-5-15(10-38)33-14)36-25(35-21)39-11-17-13(2)8-37(17)3/h6-7,13-15,17,33H,4-5,8-11H2,1-3H3,(H2,31,34)/t13-,14?,15?,17-/m1/s1. The Bertz CT molecular complexity index is 1410. The fourth-order valence-corrected chi connectivity index (χ4v) is 6.15. The quantitative estimate of drug-likeness (QED) is 0.466. The summed E-state index contributed by atoms with van der Waals surface area (Å²) in [5, 5.41) is 3.85. The Morgan fingerprint density at radius 2 is 1.82 bits per heavy atom. The Morgan fingerprint density at radius 1 is 1.10 bits per heavy atom. The first-order chi connectivity index (χ1) is 18.5. The Balaban J connectivity index is 1.48. The van der Waals surface area contributed by atoms with Gasteiger partial charge in [0.05, 0.1) is 10.9 Å². The number of aromatic nitrogens is 4. The molecule has 0 radical (unpaired) electrons. The number of hydrogen-bond donors (Lipinski definition) is 2. The van der Waals surface area contributed by atoms with E-state index in [9.17, 15) is 13.2 Å². The number of likely N-dealkylation sites (tertiary alicyclic amines) is 1. The van der Waals surface area contributed by atoms with E-state index in [2.05, 4.69) is 42.0 Å². The van der Waals surface area contributed by atoms with Gasteiger partial charge in [-0.3, -0.25) is 9.88 Å². The second-order valence-electron chi connectivity index (χ2n) is 10.9. The molecule has 0 aliphatic carbocycles. The summed E-state index contributed by atoms with van der Waals surface area (Å²) < 4.78 is 64.2. The number of anilines is 2. The average molecular weight is 547 g/mol. The van der Waals surface area contributed by atoms with Crippen molar-refractivity contribution in [3.05, 3.63) is 29.2 Å². The number of nitrogens with two attached hydrogens (primary N) is 1. The van der Waals surface area contributed by atoms with Crippen molar-refractivity contribution in [1.29, 1.82) is 0 Å². The maximum absolute atomic E-state index is 16.2. The van der Waals surface area contributed by atoms with E-state index in [-0.39, 0.29) is 41.0 Å². The summed E-state index contributed by atoms with van der Waals surface area (Å²) in [7, 11) is 1.99. The SMILES string of the molecule is Cc1cc(N)nc(-c2ncc3c(N4CC5CCC(C4)N5)nc(OC[C@@H]4[C@H](C)CN4C)nc3c2F)c1C(F)(F)F. The molecule has 6 rings (SSSR count). The third kappa shape index (κ3) is 4.61. The zero-order valence-electron chi connectivity index (χ0n) is 21.9. The largest absolute Gasteiger partial charge is 0.462 e. The van der Waals surface area contributed by atoms with Crippen LogP contribution in [-0.4, -0.2) is 76.3 Å². The number of nitrogens with one attached hydrogen (secondary N) is 1. The molecule has 3 aromatic rings. The molecule has 4 atom stereocenters. The highest BCUT2D eigenvalue weighted by Crippen LogP contribution is 2.41. The normalized spacial score (nSPS) is 25.3. The molecule has 3 aliphatic heterocycles. The number of alkyl halides is 3. The Morgan fingerprint density at radius 3 is 2.46 bits per heavy atom. The lowest BCUT2D eigenvalue weighted by molar-refractivity contribution is -0.137. The average Bonchev–Trinajstić information content (AvgIpc) is 3.20. The van der Waals surface area contributed by atoms with Gasteiger partial charge in [-0.15, -0.1) is 0 Å². The molecule has 208 valence electrons. The third-order valence-electron chi connectivity index (χ3n) is 8.09. The van der Waals surface area contributed by atoms with Crippen LogP contribution in [0.5, 0.6) is 6.01 Å². The van der Waals surface area contributed by atoms with Gasteiger partial charge in [-0.25, -0.2) is 9.37 Å². The minimum Gasteiger partial charge on any atom is -0.462 e. The summed E-state index contributed by atoms with van der Waals surface area (Å²) in [5.74, 6) is -0.325. The molecule has 0 spiro atoms. The lowest BCUT2D eigenvalue weighted by atomic mass is 9.92. The summed E-state index contributed by atoms with van der Waals surface area (Å²) in [5.41, 5.74) is 3.09. The minimum absolute atomic E-state index is 0.0281. The first kappa shape index (κ1) is 25.9. The van der Waals surface area contributed by atoms with Gasteiger partial charge in [0, 0.05) is 44.0 Å². The van der Waals surface area contributed by atoms with E-state index in [1.165, 1.54) is 13.1 Å². The zero-order chi connectivity index (χ0) is 27.6. The van der Waals surface area contributed by atoms with E-state index >= 15 is 4.39 Å². The predicted octanol–water partition coefficient (Wildman–Crippen LogP) is 3.40. The number of nitrogens with zero attached hydrogens (tertiary/aromatic N) is 6. The van der Waals surface area contributed by atoms with Crippen LogP contribution < -0.4 is 20.7 Å². The van der Waals surface area contributed by atoms with Gasteiger partial charge in [-0.2, -0.15) is 23.1 Å². The van der Waals surface area contributed by atoms with Gasteiger partial charge in [0.25, 0.3) is 0 Å². The number of hydrogen-bond acceptors (Lipinski definition) is 9. The first-order valence-corrected chi connectivity index (χ1v) is 13.0. The molecule has 6 heterocycles. The highest BCUT2D eigenvalue weighted by atomic mass is 19.4. The zero-order valence-corrected chi connectivity index (χ0v) is 21.9. The fourth-order valence-electron chi connectivity index (χ4n) is 6.15. The smallest absolute Gasteiger partial charge is 0.418 e. The Kier molecular flexibility index (Phi) is 6.25. The highest BCUT2D eigenvalue weighted by molar-refractivity contribution is 5.92. The second-order valence-corrected chi connectivity index (χ2v) is 10.9. The molecule has 0 aromatic carbocycles. The van der Waals surface area contributed by atoms with Crippen LogP contribution in [0.4, 0.5) is 29.2 Å². The van der Waals surface area contributed by atoms with Crippen LogP contribution in [0.15, 0.2) is 12.3 Å². The van der Waals surface area contributed by atoms with E-state index in [0.717, 1.165) is 25.5 Å². The van der Waals surface area contributed by atoms with Crippen molar-refractivity contribution in [3.8, 4) is 17.4 Å². The number of rotatable bonds is 5. The lowest BCUT2D eigenvalue weighted by Gasteiger charge is -2.43. The summed E-state index contributed by atoms with van der Waals surface area (Å²) in [6, 6.07) is 1.78. The van der Waals surface area contributed by atoms with Crippen molar-refractivity contribution in [2.75, 3.05) is 43.9 Å². The fraction of sp³-hybridized carbons (Fsp3) is 0.538. The highest BCUT2D eigenvalue weighted by Gasteiger charge is 2.39. The van der Waals surface area contributed by atoms with Crippen LogP contribution in [0.2, 0.25) is 0 Å². The molecule has 0 saturated carbocycles. The second kappa shape index (κ2) is 9.40. The molecule has 39 heavy (non-hydrogen) atoms. The maximum atomic E-state index is 16.2. The number of ether oxygens (including phenoxy) is 1. The molecular weight excluding hydrogens is 516 g/mol. The topological polar surface area (TPSA) is 105 Å². The monoisotopic (exact) mass is 546 g/mol. The van der Waals surface area contributed by atoms with E-state index in [0.29, 0.717) is 36.8 Å². The number of nitrogen functional groups attached to an aromatic ring is 1. The van der Waals surface area contributed by atoms with E-state index in [4.69, 9.17) is 10.5 Å². The molecule has 3 saturated heterocycles. The summed E-state index contributed by atoms with van der Waals surface area (Å²) in [4.78, 5) is 21.2. The van der Waals surface area contributed by atoms with E-state index in [1.54, 1.807) is 0 Å². The van der Waals surface area contributed by atoms with Gasteiger partial charge >= 0.3 is 12.2 Å². The first-order valence-electron chi connectivity index (χ1n) is 13.0. The third-order valence-corrected chi connectivity index (χ3v) is 8.09. The van der Waals surface area contributed by atoms with Crippen LogP contribution in [0.3, 0.4) is 0 Å². The van der Waals surface area contributed by atoms with Crippen molar-refractivity contribution in [2.24, 2.45) is 5.92 Å². The van der Waals surface area contributed by atoms with Crippen molar-refractivity contribution in [3.63, 3.8) is 0 Å². The molecule has 2 unspecified atom stereocenters. The van der Waals surface area contributed by atoms with Crippen LogP contribution in [0.25, 0.3) is 22.3 Å². The minimum atomic E-state index is -4.79. The summed E-state index contributed by atoms with van der Waals surface area (Å²) >= 11 is 0. The molecule has 13 heteroatoms. The van der Waals surface area contributed by atoms with E-state index in [1.807, 2.05) is 7.05 Å². The number of aryl methyl sites for hydroxylation is 1. The molecular formula is C26H30F4N8O. The van der Waals surface area contributed by atoms with Gasteiger partial charge < -0.3 is 20.7 Å². The van der Waals surface area contributed by atoms with Crippen LogP contribution in [0, 0.1) is 18.7 Å². The Labute approximate surface area is 222 Å². The summed E-state index contributed by atoms with van der Waals surface area (Å²) in [6.07, 6.45) is -1.42. The number of piperazine rings is 1. The van der Waals surface area contributed by atoms with Gasteiger partial charge in [0.2, 0.25) is 0 Å². The molecule has 2 bridgehead atoms. The van der Waals surface area contributed by atoms with E-state index < -0.39 is 28.9 Å². The van der Waals surface area contributed by atoms with Crippen LogP contribution in [0.1, 0.15) is 30.9 Å². The number of pyridine rings is 2. The molecule has 3 aromatic heterocycles. The van der Waals surface area contributed by atoms with Crippen molar-refractivity contribution >= 4 is 22.5 Å². The van der Waals surface area contributed by atoms with Crippen molar-refractivity contribution < 1.29 is 22.3 Å². The van der Waals surface area contributed by atoms with Gasteiger partial charge in [0.15, 0.2) is 5.82 Å². The molecule has 9 nitrogen and oxygen atoms in total.